The maximum absolute atomic E-state index is 12.7. The molecule has 0 N–H and O–H groups in total. The molecular weight excluding hydrogens is 328 g/mol. The average molecular weight is 339 g/mol. The van der Waals surface area contributed by atoms with Crippen LogP contribution in [0.1, 0.15) is 21.5 Å². The highest BCUT2D eigenvalue weighted by Crippen LogP contribution is 2.37. The Hall–Kier alpha value is -2.85. The van der Waals surface area contributed by atoms with Gasteiger partial charge in [0.25, 0.3) is 0 Å². The number of halogens is 1. The van der Waals surface area contributed by atoms with Crippen LogP contribution in [0, 0.1) is 6.92 Å². The number of carbonyl (C=O) groups is 1. The van der Waals surface area contributed by atoms with Gasteiger partial charge in [-0.05, 0) is 48.4 Å². The van der Waals surface area contributed by atoms with E-state index in [0.717, 1.165) is 16.5 Å². The number of aryl methyl sites for hydroxylation is 1. The van der Waals surface area contributed by atoms with Crippen LogP contribution in [0.3, 0.4) is 0 Å². The largest absolute Gasteiger partial charge is 0.452 e. The van der Waals surface area contributed by atoms with Gasteiger partial charge in [-0.3, -0.25) is 4.79 Å². The van der Waals surface area contributed by atoms with E-state index in [4.69, 9.17) is 20.8 Å². The molecule has 0 saturated carbocycles. The minimum atomic E-state index is -0.490. The molecule has 24 heavy (non-hydrogen) atoms. The highest BCUT2D eigenvalue weighted by molar-refractivity contribution is 6.30. The SMILES string of the molecule is Cc1cc(=O)oc2c3c(ccc12)O/C(=C\c1ccc(Cl)cc1)C3=O. The van der Waals surface area contributed by atoms with Crippen LogP contribution in [0.4, 0.5) is 0 Å². The molecule has 0 bridgehead atoms. The van der Waals surface area contributed by atoms with Crippen molar-refractivity contribution in [2.45, 2.75) is 6.92 Å². The van der Waals surface area contributed by atoms with Gasteiger partial charge in [0, 0.05) is 16.5 Å². The zero-order valence-electron chi connectivity index (χ0n) is 12.6. The Labute approximate surface area is 141 Å². The van der Waals surface area contributed by atoms with E-state index >= 15 is 0 Å². The predicted octanol–water partition coefficient (Wildman–Crippen LogP) is 4.37. The molecule has 4 rings (SSSR count). The van der Waals surface area contributed by atoms with Crippen molar-refractivity contribution in [2.24, 2.45) is 0 Å². The van der Waals surface area contributed by atoms with E-state index in [9.17, 15) is 9.59 Å². The number of hydrogen-bond acceptors (Lipinski definition) is 4. The highest BCUT2D eigenvalue weighted by atomic mass is 35.5. The van der Waals surface area contributed by atoms with Gasteiger partial charge < -0.3 is 9.15 Å². The predicted molar refractivity (Wildman–Crippen MR) is 91.6 cm³/mol. The number of benzene rings is 2. The van der Waals surface area contributed by atoms with Gasteiger partial charge >= 0.3 is 5.63 Å². The van der Waals surface area contributed by atoms with Gasteiger partial charge in [0.15, 0.2) is 11.3 Å². The summed E-state index contributed by atoms with van der Waals surface area (Å²) in [6, 6.07) is 11.9. The van der Waals surface area contributed by atoms with E-state index in [1.165, 1.54) is 6.07 Å². The number of hydrogen-bond donors (Lipinski definition) is 0. The number of carbonyl (C=O) groups excluding carboxylic acids is 1. The monoisotopic (exact) mass is 338 g/mol. The molecule has 0 radical (unpaired) electrons. The van der Waals surface area contributed by atoms with Gasteiger partial charge in [0.2, 0.25) is 5.78 Å². The first kappa shape index (κ1) is 14.7. The van der Waals surface area contributed by atoms with Gasteiger partial charge in [-0.1, -0.05) is 23.7 Å². The molecule has 0 amide bonds. The maximum Gasteiger partial charge on any atom is 0.336 e. The Bertz CT molecular complexity index is 1070. The fourth-order valence-electron chi connectivity index (χ4n) is 2.76. The van der Waals surface area contributed by atoms with Crippen molar-refractivity contribution in [3.05, 3.63) is 80.4 Å². The zero-order valence-corrected chi connectivity index (χ0v) is 13.4. The van der Waals surface area contributed by atoms with Crippen LogP contribution in [-0.2, 0) is 0 Å². The third kappa shape index (κ3) is 2.32. The Kier molecular flexibility index (Phi) is 3.28. The van der Waals surface area contributed by atoms with Gasteiger partial charge in [-0.15, -0.1) is 0 Å². The topological polar surface area (TPSA) is 56.5 Å². The average Bonchev–Trinajstić information content (AvgIpc) is 2.86. The molecule has 0 saturated heterocycles. The Morgan fingerprint density at radius 2 is 1.79 bits per heavy atom. The van der Waals surface area contributed by atoms with Crippen molar-refractivity contribution < 1.29 is 13.9 Å². The van der Waals surface area contributed by atoms with Crippen LogP contribution >= 0.6 is 11.6 Å². The summed E-state index contributed by atoms with van der Waals surface area (Å²) in [7, 11) is 0. The summed E-state index contributed by atoms with van der Waals surface area (Å²) in [4.78, 5) is 24.4. The molecule has 0 atom stereocenters. The lowest BCUT2D eigenvalue weighted by Crippen LogP contribution is -2.02. The third-order valence-electron chi connectivity index (χ3n) is 3.92. The van der Waals surface area contributed by atoms with Crippen molar-refractivity contribution >= 4 is 34.4 Å². The Morgan fingerprint density at radius 1 is 1.04 bits per heavy atom. The lowest BCUT2D eigenvalue weighted by Gasteiger charge is -2.02. The second-order valence-corrected chi connectivity index (χ2v) is 5.99. The molecule has 0 unspecified atom stereocenters. The summed E-state index contributed by atoms with van der Waals surface area (Å²) in [5.74, 6) is 0.268. The first-order valence-corrected chi connectivity index (χ1v) is 7.68. The van der Waals surface area contributed by atoms with Crippen molar-refractivity contribution in [3.63, 3.8) is 0 Å². The van der Waals surface area contributed by atoms with E-state index in [0.29, 0.717) is 10.8 Å². The number of ketones is 1. The van der Waals surface area contributed by atoms with Gasteiger partial charge in [0.1, 0.15) is 11.3 Å². The summed E-state index contributed by atoms with van der Waals surface area (Å²) in [6.07, 6.45) is 1.64. The molecule has 4 nitrogen and oxygen atoms in total. The second-order valence-electron chi connectivity index (χ2n) is 5.56. The molecule has 1 aliphatic rings. The van der Waals surface area contributed by atoms with Gasteiger partial charge in [-0.25, -0.2) is 4.79 Å². The van der Waals surface area contributed by atoms with E-state index < -0.39 is 5.63 Å². The number of ether oxygens (including phenoxy) is 1. The summed E-state index contributed by atoms with van der Waals surface area (Å²) < 4.78 is 10.9. The smallest absolute Gasteiger partial charge is 0.336 e. The van der Waals surface area contributed by atoms with Crippen LogP contribution in [-0.4, -0.2) is 5.78 Å². The maximum atomic E-state index is 12.7. The molecule has 118 valence electrons. The normalized spacial score (nSPS) is 14.9. The molecule has 3 aromatic rings. The van der Waals surface area contributed by atoms with Crippen molar-refractivity contribution in [1.29, 1.82) is 0 Å². The summed E-state index contributed by atoms with van der Waals surface area (Å²) in [6.45, 7) is 1.80. The number of fused-ring (bicyclic) bond motifs is 3. The first-order chi connectivity index (χ1) is 11.5. The van der Waals surface area contributed by atoms with Gasteiger partial charge in [-0.2, -0.15) is 0 Å². The van der Waals surface area contributed by atoms with Crippen LogP contribution in [0.25, 0.3) is 17.0 Å². The Balaban J connectivity index is 1.87. The number of rotatable bonds is 1. The van der Waals surface area contributed by atoms with Crippen molar-refractivity contribution in [3.8, 4) is 5.75 Å². The minimum Gasteiger partial charge on any atom is -0.452 e. The van der Waals surface area contributed by atoms with Crippen LogP contribution in [0.2, 0.25) is 5.02 Å². The molecular formula is C19H11ClO4. The Morgan fingerprint density at radius 3 is 2.54 bits per heavy atom. The van der Waals surface area contributed by atoms with Crippen molar-refractivity contribution in [2.75, 3.05) is 0 Å². The van der Waals surface area contributed by atoms with Crippen LogP contribution in [0.5, 0.6) is 5.75 Å². The van der Waals surface area contributed by atoms with E-state index in [1.54, 1.807) is 49.4 Å². The molecule has 0 fully saturated rings. The molecule has 1 aliphatic heterocycles. The molecule has 1 aromatic heterocycles. The number of Topliss-reactive ketones (excluding diaryl/α,β-unsaturated/α-hetero) is 1. The first-order valence-electron chi connectivity index (χ1n) is 7.30. The van der Waals surface area contributed by atoms with Gasteiger partial charge in [0.05, 0.1) is 0 Å². The fraction of sp³-hybridized carbons (Fsp3) is 0.0526. The summed E-state index contributed by atoms with van der Waals surface area (Å²) >= 11 is 5.86. The molecule has 2 heterocycles. The lowest BCUT2D eigenvalue weighted by molar-refractivity contribution is 0.101. The highest BCUT2D eigenvalue weighted by Gasteiger charge is 2.31. The second kappa shape index (κ2) is 5.35. The van der Waals surface area contributed by atoms with Crippen LogP contribution < -0.4 is 10.4 Å². The molecule has 0 spiro atoms. The lowest BCUT2D eigenvalue weighted by atomic mass is 10.0. The molecule has 0 aliphatic carbocycles. The van der Waals surface area contributed by atoms with E-state index in [-0.39, 0.29) is 22.7 Å². The summed E-state index contributed by atoms with van der Waals surface area (Å²) in [5, 5.41) is 1.33. The fourth-order valence-corrected chi connectivity index (χ4v) is 2.89. The standard InChI is InChI=1S/C19H11ClO4/c1-10-8-16(21)24-19-13(10)6-7-14-17(19)18(22)15(23-14)9-11-2-4-12(20)5-3-11/h2-9H,1H3/b15-9-. The van der Waals surface area contributed by atoms with E-state index in [2.05, 4.69) is 0 Å². The zero-order chi connectivity index (χ0) is 16.8. The van der Waals surface area contributed by atoms with Crippen molar-refractivity contribution in [1.82, 2.24) is 0 Å². The minimum absolute atomic E-state index is 0.184. The summed E-state index contributed by atoms with van der Waals surface area (Å²) in [5.41, 5.74) is 1.61. The van der Waals surface area contributed by atoms with E-state index in [1.807, 2.05) is 0 Å². The third-order valence-corrected chi connectivity index (χ3v) is 4.17. The molecule has 5 heteroatoms. The van der Waals surface area contributed by atoms with Crippen LogP contribution in [0.15, 0.2) is 57.4 Å². The number of allylic oxidation sites excluding steroid dienone is 1. The quantitative estimate of drug-likeness (QED) is 0.488. The molecule has 2 aromatic carbocycles.